The maximum Gasteiger partial charge on any atom is 0.263 e. The van der Waals surface area contributed by atoms with Crippen molar-refractivity contribution in [3.63, 3.8) is 0 Å². The first-order valence-electron chi connectivity index (χ1n) is 10.9. The SMILES string of the molecule is Cc1nnn(-c2ccc(C(F)F)cc2)c1COc1ccc(N2CCN3C(=O)COCC3C2)nn1. The average Bonchev–Trinajstić information content (AvgIpc) is 3.23. The lowest BCUT2D eigenvalue weighted by Gasteiger charge is -2.43. The number of hydrogen-bond acceptors (Lipinski definition) is 8. The fraction of sp³-hybridized carbons (Fsp3) is 0.409. The van der Waals surface area contributed by atoms with Gasteiger partial charge in [-0.1, -0.05) is 17.3 Å². The molecule has 0 aliphatic carbocycles. The highest BCUT2D eigenvalue weighted by Crippen LogP contribution is 2.23. The number of carbonyl (C=O) groups is 1. The molecule has 0 N–H and O–H groups in total. The lowest BCUT2D eigenvalue weighted by Crippen LogP contribution is -2.60. The van der Waals surface area contributed by atoms with Gasteiger partial charge in [-0.15, -0.1) is 15.3 Å². The molecule has 2 fully saturated rings. The highest BCUT2D eigenvalue weighted by atomic mass is 19.3. The summed E-state index contributed by atoms with van der Waals surface area (Å²) >= 11 is 0. The summed E-state index contributed by atoms with van der Waals surface area (Å²) in [4.78, 5) is 15.9. The van der Waals surface area contributed by atoms with Gasteiger partial charge in [-0.25, -0.2) is 13.5 Å². The Hall–Kier alpha value is -3.67. The smallest absolute Gasteiger partial charge is 0.263 e. The van der Waals surface area contributed by atoms with E-state index >= 15 is 0 Å². The summed E-state index contributed by atoms with van der Waals surface area (Å²) in [6.45, 7) is 4.52. The number of aromatic nitrogens is 5. The van der Waals surface area contributed by atoms with Crippen molar-refractivity contribution < 1.29 is 23.0 Å². The second-order valence-electron chi connectivity index (χ2n) is 8.15. The summed E-state index contributed by atoms with van der Waals surface area (Å²) in [5.74, 6) is 1.06. The molecule has 0 bridgehead atoms. The molecule has 1 unspecified atom stereocenters. The number of nitrogens with zero attached hydrogens (tertiary/aromatic N) is 7. The monoisotopic (exact) mass is 471 g/mol. The predicted octanol–water partition coefficient (Wildman–Crippen LogP) is 1.93. The minimum Gasteiger partial charge on any atom is -0.470 e. The molecule has 1 atom stereocenters. The molecule has 2 aliphatic heterocycles. The molecule has 10 nitrogen and oxygen atoms in total. The van der Waals surface area contributed by atoms with E-state index in [4.69, 9.17) is 9.47 Å². The fourth-order valence-corrected chi connectivity index (χ4v) is 4.11. The molecular weight excluding hydrogens is 448 g/mol. The van der Waals surface area contributed by atoms with Crippen molar-refractivity contribution in [3.05, 3.63) is 53.3 Å². The molecule has 0 saturated carbocycles. The number of piperazine rings is 1. The Morgan fingerprint density at radius 3 is 2.68 bits per heavy atom. The quantitative estimate of drug-likeness (QED) is 0.538. The number of rotatable bonds is 6. The number of benzene rings is 1. The van der Waals surface area contributed by atoms with Gasteiger partial charge in [-0.3, -0.25) is 4.79 Å². The lowest BCUT2D eigenvalue weighted by molar-refractivity contribution is -0.148. The van der Waals surface area contributed by atoms with Crippen molar-refractivity contribution in [3.8, 4) is 11.6 Å². The van der Waals surface area contributed by atoms with Gasteiger partial charge in [0.2, 0.25) is 11.8 Å². The summed E-state index contributed by atoms with van der Waals surface area (Å²) in [6, 6.07) is 9.43. The normalized spacial score (nSPS) is 18.4. The third kappa shape index (κ3) is 4.40. The summed E-state index contributed by atoms with van der Waals surface area (Å²) in [7, 11) is 0. The van der Waals surface area contributed by atoms with Crippen LogP contribution in [0.15, 0.2) is 36.4 Å². The van der Waals surface area contributed by atoms with Crippen molar-refractivity contribution in [2.75, 3.05) is 37.7 Å². The standard InChI is InChI=1S/C22H23F2N7O3/c1-14-18(31(28-25-14)16-4-2-15(3-5-16)22(23)24)12-34-20-7-6-19(26-27-20)29-8-9-30-17(10-29)11-33-13-21(30)32/h2-7,17,22H,8-13H2,1H3. The Bertz CT molecular complexity index is 1150. The minimum absolute atomic E-state index is 0.0123. The van der Waals surface area contributed by atoms with E-state index in [0.29, 0.717) is 55.0 Å². The number of amides is 1. The molecule has 4 heterocycles. The number of morpholine rings is 1. The highest BCUT2D eigenvalue weighted by molar-refractivity contribution is 5.78. The Morgan fingerprint density at radius 2 is 1.94 bits per heavy atom. The first-order valence-corrected chi connectivity index (χ1v) is 10.9. The number of ether oxygens (including phenoxy) is 2. The first kappa shape index (κ1) is 22.1. The number of anilines is 1. The maximum absolute atomic E-state index is 12.8. The number of aryl methyl sites for hydroxylation is 1. The van der Waals surface area contributed by atoms with Crippen molar-refractivity contribution in [2.24, 2.45) is 0 Å². The molecule has 1 aromatic carbocycles. The molecule has 34 heavy (non-hydrogen) atoms. The summed E-state index contributed by atoms with van der Waals surface area (Å²) in [6.07, 6.45) is -2.53. The zero-order valence-corrected chi connectivity index (χ0v) is 18.5. The first-order chi connectivity index (χ1) is 16.5. The van der Waals surface area contributed by atoms with E-state index in [9.17, 15) is 13.6 Å². The molecule has 12 heteroatoms. The molecule has 2 aromatic heterocycles. The van der Waals surface area contributed by atoms with Crippen LogP contribution in [0.25, 0.3) is 5.69 Å². The predicted molar refractivity (Wildman–Crippen MR) is 116 cm³/mol. The van der Waals surface area contributed by atoms with Crippen LogP contribution in [-0.4, -0.2) is 74.9 Å². The molecule has 2 saturated heterocycles. The molecule has 3 aromatic rings. The van der Waals surface area contributed by atoms with E-state index < -0.39 is 6.43 Å². The van der Waals surface area contributed by atoms with Crippen molar-refractivity contribution in [1.82, 2.24) is 30.1 Å². The number of alkyl halides is 2. The lowest BCUT2D eigenvalue weighted by atomic mass is 10.1. The highest BCUT2D eigenvalue weighted by Gasteiger charge is 2.34. The topological polar surface area (TPSA) is 98.5 Å². The van der Waals surface area contributed by atoms with Gasteiger partial charge >= 0.3 is 0 Å². The molecule has 0 radical (unpaired) electrons. The van der Waals surface area contributed by atoms with Crippen LogP contribution in [-0.2, 0) is 16.1 Å². The number of carbonyl (C=O) groups excluding carboxylic acids is 1. The zero-order chi connectivity index (χ0) is 23.7. The van der Waals surface area contributed by atoms with Gasteiger partial charge < -0.3 is 19.3 Å². The largest absolute Gasteiger partial charge is 0.470 e. The second kappa shape index (κ2) is 9.29. The van der Waals surface area contributed by atoms with E-state index in [0.717, 1.165) is 0 Å². The number of halogens is 2. The van der Waals surface area contributed by atoms with Gasteiger partial charge in [-0.2, -0.15) is 0 Å². The average molecular weight is 471 g/mol. The van der Waals surface area contributed by atoms with Crippen molar-refractivity contribution in [1.29, 1.82) is 0 Å². The van der Waals surface area contributed by atoms with Crippen LogP contribution in [0.1, 0.15) is 23.4 Å². The summed E-state index contributed by atoms with van der Waals surface area (Å²) in [5, 5.41) is 16.6. The Morgan fingerprint density at radius 1 is 1.12 bits per heavy atom. The molecule has 2 aliphatic rings. The van der Waals surface area contributed by atoms with Crippen LogP contribution < -0.4 is 9.64 Å². The Kier molecular flexibility index (Phi) is 6.05. The van der Waals surface area contributed by atoms with Gasteiger partial charge in [0.1, 0.15) is 18.9 Å². The van der Waals surface area contributed by atoms with Gasteiger partial charge in [-0.05, 0) is 25.1 Å². The van der Waals surface area contributed by atoms with E-state index in [1.165, 1.54) is 12.1 Å². The molecule has 0 spiro atoms. The fourth-order valence-electron chi connectivity index (χ4n) is 4.11. The van der Waals surface area contributed by atoms with E-state index in [-0.39, 0.29) is 30.7 Å². The van der Waals surface area contributed by atoms with Crippen LogP contribution in [0.2, 0.25) is 0 Å². The van der Waals surface area contributed by atoms with Gasteiger partial charge in [0.05, 0.1) is 24.0 Å². The van der Waals surface area contributed by atoms with Crippen LogP contribution in [0.5, 0.6) is 5.88 Å². The Balaban J connectivity index is 1.24. The number of hydrogen-bond donors (Lipinski definition) is 0. The molecule has 5 rings (SSSR count). The Labute approximate surface area is 194 Å². The third-order valence-corrected chi connectivity index (χ3v) is 5.99. The molecular formula is C22H23F2N7O3. The van der Waals surface area contributed by atoms with Crippen LogP contribution in [0, 0.1) is 6.92 Å². The van der Waals surface area contributed by atoms with Crippen LogP contribution >= 0.6 is 0 Å². The minimum atomic E-state index is -2.53. The second-order valence-corrected chi connectivity index (χ2v) is 8.15. The van der Waals surface area contributed by atoms with Crippen LogP contribution in [0.4, 0.5) is 14.6 Å². The van der Waals surface area contributed by atoms with Gasteiger partial charge in [0.15, 0.2) is 5.82 Å². The summed E-state index contributed by atoms with van der Waals surface area (Å²) < 4.78 is 38.4. The number of fused-ring (bicyclic) bond motifs is 1. The van der Waals surface area contributed by atoms with E-state index in [1.54, 1.807) is 29.8 Å². The van der Waals surface area contributed by atoms with Crippen LogP contribution in [0.3, 0.4) is 0 Å². The van der Waals surface area contributed by atoms with E-state index in [2.05, 4.69) is 25.4 Å². The van der Waals surface area contributed by atoms with Crippen molar-refractivity contribution in [2.45, 2.75) is 26.0 Å². The summed E-state index contributed by atoms with van der Waals surface area (Å²) in [5.41, 5.74) is 1.88. The third-order valence-electron chi connectivity index (χ3n) is 5.99. The molecule has 178 valence electrons. The van der Waals surface area contributed by atoms with Gasteiger partial charge in [0.25, 0.3) is 6.43 Å². The van der Waals surface area contributed by atoms with Crippen molar-refractivity contribution >= 4 is 11.7 Å². The zero-order valence-electron chi connectivity index (χ0n) is 18.5. The maximum atomic E-state index is 12.8. The van der Waals surface area contributed by atoms with Gasteiger partial charge in [0, 0.05) is 31.3 Å². The molecule has 1 amide bonds. The van der Waals surface area contributed by atoms with E-state index in [1.807, 2.05) is 11.0 Å².